The standard InChI is InChI=1S/C12H16N2/c1-5-11-7-12-13-8(2)6-9(3)14(12)10(11)4/h6-7H,5H2,1-4H3. The SMILES string of the molecule is CCc1cc2nc(C)cc(C)n2c1C. The van der Waals surface area contributed by atoms with Crippen molar-refractivity contribution in [3.8, 4) is 0 Å². The molecule has 0 saturated carbocycles. The van der Waals surface area contributed by atoms with Crippen molar-refractivity contribution >= 4 is 5.65 Å². The van der Waals surface area contributed by atoms with Gasteiger partial charge in [0.1, 0.15) is 5.65 Å². The fraction of sp³-hybridized carbons (Fsp3) is 0.417. The molecule has 0 atom stereocenters. The Morgan fingerprint density at radius 1 is 1.21 bits per heavy atom. The number of hydrogen-bond acceptors (Lipinski definition) is 1. The van der Waals surface area contributed by atoms with Gasteiger partial charge < -0.3 is 4.40 Å². The molecular weight excluding hydrogens is 172 g/mol. The van der Waals surface area contributed by atoms with Crippen LogP contribution in [0.2, 0.25) is 0 Å². The molecule has 0 fully saturated rings. The van der Waals surface area contributed by atoms with Crippen LogP contribution in [-0.2, 0) is 6.42 Å². The molecule has 74 valence electrons. The van der Waals surface area contributed by atoms with Gasteiger partial charge in [0.15, 0.2) is 0 Å². The molecular formula is C12H16N2. The molecule has 0 aliphatic rings. The number of fused-ring (bicyclic) bond motifs is 1. The highest BCUT2D eigenvalue weighted by Crippen LogP contribution is 2.17. The summed E-state index contributed by atoms with van der Waals surface area (Å²) in [5.74, 6) is 0. The van der Waals surface area contributed by atoms with Crippen LogP contribution in [-0.4, -0.2) is 9.38 Å². The first-order valence-electron chi connectivity index (χ1n) is 5.08. The van der Waals surface area contributed by atoms with Gasteiger partial charge in [-0.05, 0) is 44.9 Å². The topological polar surface area (TPSA) is 17.3 Å². The summed E-state index contributed by atoms with van der Waals surface area (Å²) in [6, 6.07) is 4.31. The first kappa shape index (κ1) is 9.25. The van der Waals surface area contributed by atoms with Crippen LogP contribution < -0.4 is 0 Å². The van der Waals surface area contributed by atoms with Crippen molar-refractivity contribution in [3.63, 3.8) is 0 Å². The van der Waals surface area contributed by atoms with Gasteiger partial charge in [0.05, 0.1) is 0 Å². The van der Waals surface area contributed by atoms with E-state index in [2.05, 4.69) is 42.3 Å². The summed E-state index contributed by atoms with van der Waals surface area (Å²) in [7, 11) is 0. The second-order valence-corrected chi connectivity index (χ2v) is 3.84. The van der Waals surface area contributed by atoms with Crippen LogP contribution in [0.3, 0.4) is 0 Å². The molecule has 0 aliphatic heterocycles. The fourth-order valence-corrected chi connectivity index (χ4v) is 2.11. The summed E-state index contributed by atoms with van der Waals surface area (Å²) in [5.41, 5.74) is 6.16. The Morgan fingerprint density at radius 3 is 2.57 bits per heavy atom. The summed E-state index contributed by atoms with van der Waals surface area (Å²) in [4.78, 5) is 4.53. The Morgan fingerprint density at radius 2 is 1.93 bits per heavy atom. The lowest BCUT2D eigenvalue weighted by Crippen LogP contribution is -1.97. The van der Waals surface area contributed by atoms with E-state index in [4.69, 9.17) is 0 Å². The van der Waals surface area contributed by atoms with E-state index < -0.39 is 0 Å². The van der Waals surface area contributed by atoms with Crippen LogP contribution in [0.5, 0.6) is 0 Å². The average Bonchev–Trinajstić information content (AvgIpc) is 2.42. The fourth-order valence-electron chi connectivity index (χ4n) is 2.11. The molecule has 0 radical (unpaired) electrons. The van der Waals surface area contributed by atoms with E-state index in [9.17, 15) is 0 Å². The molecule has 0 spiro atoms. The molecule has 0 aliphatic carbocycles. The van der Waals surface area contributed by atoms with E-state index in [1.807, 2.05) is 6.92 Å². The van der Waals surface area contributed by atoms with Gasteiger partial charge in [-0.25, -0.2) is 4.98 Å². The van der Waals surface area contributed by atoms with Crippen molar-refractivity contribution in [2.45, 2.75) is 34.1 Å². The van der Waals surface area contributed by atoms with Crippen LogP contribution in [0.15, 0.2) is 12.1 Å². The highest BCUT2D eigenvalue weighted by atomic mass is 15.0. The van der Waals surface area contributed by atoms with E-state index in [-0.39, 0.29) is 0 Å². The lowest BCUT2D eigenvalue weighted by atomic mass is 10.2. The van der Waals surface area contributed by atoms with Crippen LogP contribution in [0.25, 0.3) is 5.65 Å². The van der Waals surface area contributed by atoms with Gasteiger partial charge in [-0.2, -0.15) is 0 Å². The summed E-state index contributed by atoms with van der Waals surface area (Å²) in [6.45, 7) is 8.52. The highest BCUT2D eigenvalue weighted by Gasteiger charge is 2.07. The number of hydrogen-bond donors (Lipinski definition) is 0. The van der Waals surface area contributed by atoms with Gasteiger partial charge in [-0.15, -0.1) is 0 Å². The molecule has 2 heterocycles. The van der Waals surface area contributed by atoms with Crippen molar-refractivity contribution in [2.24, 2.45) is 0 Å². The van der Waals surface area contributed by atoms with Crippen LogP contribution in [0, 0.1) is 20.8 Å². The highest BCUT2D eigenvalue weighted by molar-refractivity contribution is 5.49. The molecule has 0 bridgehead atoms. The predicted molar refractivity (Wildman–Crippen MR) is 58.8 cm³/mol. The van der Waals surface area contributed by atoms with Gasteiger partial charge in [-0.3, -0.25) is 0 Å². The van der Waals surface area contributed by atoms with E-state index in [0.717, 1.165) is 17.8 Å². The molecule has 2 aromatic heterocycles. The van der Waals surface area contributed by atoms with Gasteiger partial charge in [-0.1, -0.05) is 6.92 Å². The molecule has 2 aromatic rings. The van der Waals surface area contributed by atoms with Crippen molar-refractivity contribution in [2.75, 3.05) is 0 Å². The molecule has 0 N–H and O–H groups in total. The van der Waals surface area contributed by atoms with E-state index in [0.29, 0.717) is 0 Å². The minimum atomic E-state index is 1.08. The van der Waals surface area contributed by atoms with Gasteiger partial charge in [0.2, 0.25) is 0 Å². The third-order valence-corrected chi connectivity index (χ3v) is 2.77. The largest absolute Gasteiger partial charge is 0.303 e. The van der Waals surface area contributed by atoms with Crippen molar-refractivity contribution in [3.05, 3.63) is 34.8 Å². The quantitative estimate of drug-likeness (QED) is 0.672. The zero-order valence-electron chi connectivity index (χ0n) is 9.26. The van der Waals surface area contributed by atoms with Crippen molar-refractivity contribution < 1.29 is 0 Å². The zero-order valence-corrected chi connectivity index (χ0v) is 9.26. The lowest BCUT2D eigenvalue weighted by Gasteiger charge is -2.04. The predicted octanol–water partition coefficient (Wildman–Crippen LogP) is 2.82. The minimum absolute atomic E-state index is 1.08. The maximum atomic E-state index is 4.53. The van der Waals surface area contributed by atoms with E-state index >= 15 is 0 Å². The molecule has 0 saturated heterocycles. The Bertz CT molecular complexity index is 481. The normalized spacial score (nSPS) is 11.1. The van der Waals surface area contributed by atoms with Crippen LogP contribution >= 0.6 is 0 Å². The summed E-state index contributed by atoms with van der Waals surface area (Å²) < 4.78 is 2.23. The Hall–Kier alpha value is -1.31. The minimum Gasteiger partial charge on any atom is -0.303 e. The first-order chi connectivity index (χ1) is 6.63. The summed E-state index contributed by atoms with van der Waals surface area (Å²) in [5, 5.41) is 0. The summed E-state index contributed by atoms with van der Waals surface area (Å²) >= 11 is 0. The lowest BCUT2D eigenvalue weighted by molar-refractivity contribution is 0.970. The number of rotatable bonds is 1. The van der Waals surface area contributed by atoms with Crippen molar-refractivity contribution in [1.29, 1.82) is 0 Å². The average molecular weight is 188 g/mol. The maximum Gasteiger partial charge on any atom is 0.137 e. The van der Waals surface area contributed by atoms with Crippen molar-refractivity contribution in [1.82, 2.24) is 9.38 Å². The Kier molecular flexibility index (Phi) is 2.06. The van der Waals surface area contributed by atoms with Gasteiger partial charge >= 0.3 is 0 Å². The van der Waals surface area contributed by atoms with E-state index in [1.54, 1.807) is 0 Å². The maximum absolute atomic E-state index is 4.53. The van der Waals surface area contributed by atoms with Crippen LogP contribution in [0.1, 0.15) is 29.6 Å². The van der Waals surface area contributed by atoms with Gasteiger partial charge in [0.25, 0.3) is 0 Å². The monoisotopic (exact) mass is 188 g/mol. The molecule has 0 aromatic carbocycles. The zero-order chi connectivity index (χ0) is 10.3. The third-order valence-electron chi connectivity index (χ3n) is 2.77. The number of aromatic nitrogens is 2. The molecule has 0 amide bonds. The Labute approximate surface area is 84.6 Å². The number of nitrogens with zero attached hydrogens (tertiary/aromatic N) is 2. The number of aryl methyl sites for hydroxylation is 4. The molecule has 2 rings (SSSR count). The molecule has 14 heavy (non-hydrogen) atoms. The Balaban J connectivity index is 2.85. The second kappa shape index (κ2) is 3.12. The smallest absolute Gasteiger partial charge is 0.137 e. The van der Waals surface area contributed by atoms with Crippen LogP contribution in [0.4, 0.5) is 0 Å². The second-order valence-electron chi connectivity index (χ2n) is 3.84. The summed E-state index contributed by atoms with van der Waals surface area (Å²) in [6.07, 6.45) is 1.08. The molecule has 2 nitrogen and oxygen atoms in total. The first-order valence-corrected chi connectivity index (χ1v) is 5.08. The molecule has 2 heteroatoms. The third kappa shape index (κ3) is 1.22. The molecule has 0 unspecified atom stereocenters. The van der Waals surface area contributed by atoms with Gasteiger partial charge in [0, 0.05) is 17.1 Å². The van der Waals surface area contributed by atoms with E-state index in [1.165, 1.54) is 17.0 Å².